The fourth-order valence-electron chi connectivity index (χ4n) is 12.7. The number of aryl methyl sites for hydroxylation is 4. The normalized spacial score (nSPS) is 12.9. The Hall–Kier alpha value is -12.9. The smallest absolute Gasteiger partial charge is 0.408 e. The molecule has 0 aliphatic carbocycles. The standard InChI is InChI=1S/C27H34N4O6S2.2C27H32N4O5S.C13H15N3O2S/c1-5-20-17-38-25(28-20)23(16-19-11-13-21(14-12-19)31-39(34,35)36)29-24(32)22(15-18-9-7-6-8-10-18)30-26(33)37-27(2,3)4;2*1-5-20-17-37-25(28-20)23(16-19-11-13-21(14-12-19)31(34)35)29-24(32)22(15-18-9-7-6-8-10-18)30-26(33)36-27(2,3)4;1-2-10-8-19-13(15-10)12(14)7-9-3-5-11(6-4-9)16(17)18/h6-14,17,22-23,31H,5,15-16H2,1-4H3,(H,29,32)(H,30,33)(H,34,35,36);2*6-14,17,22-23H,5,15-16H2,1-4H3,(H,29,32)(H,30,33);3-6,8,12H,2,7,14H2,1H3/t3*22-,23-;12-/m0000/s1. The molecule has 6 amide bonds. The molecule has 7 aromatic carbocycles. The third kappa shape index (κ3) is 36.8. The molecule has 4 heterocycles. The predicted octanol–water partition coefficient (Wildman–Crippen LogP) is 17.6. The Bertz CT molecular complexity index is 5500. The van der Waals surface area contributed by atoms with Crippen molar-refractivity contribution in [1.82, 2.24) is 51.8 Å². The van der Waals surface area contributed by atoms with E-state index in [-0.39, 0.29) is 59.9 Å². The van der Waals surface area contributed by atoms with Crippen molar-refractivity contribution in [3.05, 3.63) is 322 Å². The zero-order valence-corrected chi connectivity index (χ0v) is 79.7. The second-order valence-corrected chi connectivity index (χ2v) is 38.2. The third-order valence-electron chi connectivity index (χ3n) is 19.2. The van der Waals surface area contributed by atoms with E-state index in [0.717, 1.165) is 102 Å². The quantitative estimate of drug-likeness (QED) is 0.00762. The van der Waals surface area contributed by atoms with E-state index >= 15 is 0 Å². The van der Waals surface area contributed by atoms with Gasteiger partial charge in [0.05, 0.1) is 67.4 Å². The van der Waals surface area contributed by atoms with Gasteiger partial charge < -0.3 is 51.8 Å². The topological polar surface area (TPSA) is 476 Å². The maximum absolute atomic E-state index is 13.6. The summed E-state index contributed by atoms with van der Waals surface area (Å²) in [6, 6.07) is 49.2. The minimum absolute atomic E-state index is 0.00339. The average Bonchev–Trinajstić information content (AvgIpc) is 1.82. The molecule has 11 rings (SSSR count). The molecule has 11 aromatic rings. The SMILES string of the molecule is CCc1csc([C@@H](N)Cc2ccc([N+](=O)[O-])cc2)n1.CCc1csc([C@H](Cc2ccc(NS(=O)(=O)O)cc2)NC(=O)[C@H](Cc2ccccc2)NC(=O)OC(C)(C)C)n1.CCc1csc([C@H](Cc2ccc([N+](=O)[O-])cc2)NC(=O)[C@H](Cc2ccccc2)NC(=O)OC(C)(C)C)n1.CCc1csc([C@H](Cc2ccc([N+](=O)[O-])cc2)NC(=O)[C@H](Cc2ccccc2)NC(=O)OC(C)(C)C)n1. The van der Waals surface area contributed by atoms with E-state index in [4.69, 9.17) is 24.5 Å². The third-order valence-corrected chi connectivity index (χ3v) is 23.7. The highest BCUT2D eigenvalue weighted by Crippen LogP contribution is 2.30. The molecule has 0 saturated carbocycles. The molecule has 0 spiro atoms. The molecule has 0 bridgehead atoms. The van der Waals surface area contributed by atoms with E-state index in [0.29, 0.717) is 30.7 Å². The van der Waals surface area contributed by atoms with Crippen molar-refractivity contribution in [1.29, 1.82) is 0 Å². The number of thiazole rings is 4. The molecule has 0 fully saturated rings. The molecule has 0 radical (unpaired) electrons. The molecule has 38 heteroatoms. The summed E-state index contributed by atoms with van der Waals surface area (Å²) in [6.45, 7) is 23.8. The fourth-order valence-corrected chi connectivity index (χ4v) is 16.9. The lowest BCUT2D eigenvalue weighted by molar-refractivity contribution is -0.385. The van der Waals surface area contributed by atoms with Gasteiger partial charge in [-0.25, -0.2) is 34.3 Å². The number of nitro groups is 3. The second kappa shape index (κ2) is 50.0. The molecule has 0 aliphatic heterocycles. The van der Waals surface area contributed by atoms with Crippen LogP contribution in [0.1, 0.15) is 196 Å². The number of carbonyl (C=O) groups is 6. The van der Waals surface area contributed by atoms with Gasteiger partial charge in [0.2, 0.25) is 17.7 Å². The summed E-state index contributed by atoms with van der Waals surface area (Å²) < 4.78 is 49.4. The Kier molecular flexibility index (Phi) is 39.6. The Labute approximate surface area is 783 Å². The molecular weight excluding hydrogens is 1790 g/mol. The molecule has 702 valence electrons. The maximum Gasteiger partial charge on any atom is 0.408 e. The van der Waals surface area contributed by atoms with Crippen LogP contribution in [-0.2, 0) is 110 Å². The zero-order chi connectivity index (χ0) is 96.5. The maximum atomic E-state index is 13.6. The van der Waals surface area contributed by atoms with E-state index in [2.05, 4.69) is 58.8 Å². The first-order valence-electron chi connectivity index (χ1n) is 42.6. The van der Waals surface area contributed by atoms with E-state index in [1.165, 1.54) is 82.5 Å². The van der Waals surface area contributed by atoms with Crippen molar-refractivity contribution in [3.63, 3.8) is 0 Å². The van der Waals surface area contributed by atoms with Gasteiger partial charge in [-0.1, -0.05) is 167 Å². The summed E-state index contributed by atoms with van der Waals surface area (Å²) in [4.78, 5) is 128. The van der Waals surface area contributed by atoms with Crippen LogP contribution in [0.15, 0.2) is 210 Å². The number of benzene rings is 7. The number of non-ortho nitro benzene ring substituents is 3. The van der Waals surface area contributed by atoms with Gasteiger partial charge in [-0.15, -0.1) is 45.3 Å². The lowest BCUT2D eigenvalue weighted by atomic mass is 10.0. The number of anilines is 1. The number of aromatic nitrogens is 4. The number of carbonyl (C=O) groups excluding carboxylic acids is 6. The largest absolute Gasteiger partial charge is 0.444 e. The molecule has 10 N–H and O–H groups in total. The van der Waals surface area contributed by atoms with Crippen molar-refractivity contribution >= 4 is 114 Å². The van der Waals surface area contributed by atoms with Gasteiger partial charge in [0, 0.05) is 77.2 Å². The summed E-state index contributed by atoms with van der Waals surface area (Å²) in [5, 5.41) is 60.8. The fraction of sp³-hybridized carbons (Fsp3) is 0.362. The molecule has 0 unspecified atom stereocenters. The predicted molar refractivity (Wildman–Crippen MR) is 511 cm³/mol. The monoisotopic (exact) mass is 1900 g/mol. The first kappa shape index (κ1) is 105. The van der Waals surface area contributed by atoms with Crippen LogP contribution < -0.4 is 42.4 Å². The highest BCUT2D eigenvalue weighted by atomic mass is 32.2. The average molecular weight is 1900 g/mol. The number of ether oxygens (including phenoxy) is 3. The molecule has 0 aliphatic rings. The summed E-state index contributed by atoms with van der Waals surface area (Å²) in [7, 11) is -4.39. The van der Waals surface area contributed by atoms with Crippen molar-refractivity contribution in [2.75, 3.05) is 4.72 Å². The lowest BCUT2D eigenvalue weighted by Crippen LogP contribution is -2.50. The van der Waals surface area contributed by atoms with Crippen LogP contribution >= 0.6 is 45.3 Å². The number of alkyl carbamates (subject to hydrolysis) is 3. The minimum Gasteiger partial charge on any atom is -0.444 e. The van der Waals surface area contributed by atoms with Gasteiger partial charge in [0.25, 0.3) is 17.1 Å². The number of nitrogens with two attached hydrogens (primary N) is 1. The number of hydrogen-bond donors (Lipinski definition) is 9. The number of amides is 6. The van der Waals surface area contributed by atoms with E-state index < -0.39 is 102 Å². The summed E-state index contributed by atoms with van der Waals surface area (Å²) in [5.74, 6) is -1.16. The van der Waals surface area contributed by atoms with Gasteiger partial charge in [-0.2, -0.15) is 8.42 Å². The van der Waals surface area contributed by atoms with Gasteiger partial charge in [0.15, 0.2) is 0 Å². The van der Waals surface area contributed by atoms with Gasteiger partial charge in [-0.3, -0.25) is 54.0 Å². The second-order valence-electron chi connectivity index (χ2n) is 33.4. The van der Waals surface area contributed by atoms with Gasteiger partial charge >= 0.3 is 28.6 Å². The number of hydrogen-bond acceptors (Lipinski definition) is 26. The van der Waals surface area contributed by atoms with Crippen molar-refractivity contribution in [2.24, 2.45) is 5.73 Å². The van der Waals surface area contributed by atoms with E-state index in [1.54, 1.807) is 122 Å². The zero-order valence-electron chi connectivity index (χ0n) is 75.7. The number of rotatable bonds is 36. The van der Waals surface area contributed by atoms with E-state index in [1.807, 2.05) is 138 Å². The summed E-state index contributed by atoms with van der Waals surface area (Å²) >= 11 is 5.88. The first-order valence-corrected chi connectivity index (χ1v) is 47.5. The molecular formula is C94H113N15O18S5. The molecule has 33 nitrogen and oxygen atoms in total. The minimum atomic E-state index is -4.39. The van der Waals surface area contributed by atoms with Crippen LogP contribution in [-0.4, -0.2) is 119 Å². The number of nitro benzene ring substituents is 3. The van der Waals surface area contributed by atoms with Crippen molar-refractivity contribution in [2.45, 2.75) is 220 Å². The molecule has 4 aromatic heterocycles. The number of nitrogens with one attached hydrogen (secondary N) is 7. The Morgan fingerprint density at radius 3 is 0.833 bits per heavy atom. The number of nitrogens with zero attached hydrogens (tertiary/aromatic N) is 7. The van der Waals surface area contributed by atoms with Crippen LogP contribution in [0.4, 0.5) is 37.1 Å². The van der Waals surface area contributed by atoms with Crippen LogP contribution in [0.3, 0.4) is 0 Å². The molecule has 0 saturated heterocycles. The molecule has 7 atom stereocenters. The Morgan fingerprint density at radius 2 is 0.598 bits per heavy atom. The highest BCUT2D eigenvalue weighted by molar-refractivity contribution is 7.87. The Morgan fingerprint density at radius 1 is 0.364 bits per heavy atom. The van der Waals surface area contributed by atoms with Crippen LogP contribution in [0.25, 0.3) is 0 Å². The van der Waals surface area contributed by atoms with Crippen molar-refractivity contribution < 1.29 is 70.7 Å². The lowest BCUT2D eigenvalue weighted by Gasteiger charge is -2.25. The van der Waals surface area contributed by atoms with Crippen LogP contribution in [0, 0.1) is 30.3 Å². The molecule has 132 heavy (non-hydrogen) atoms. The Balaban J connectivity index is 0.000000222. The van der Waals surface area contributed by atoms with Crippen molar-refractivity contribution in [3.8, 4) is 0 Å². The van der Waals surface area contributed by atoms with E-state index in [9.17, 15) is 67.5 Å². The first-order chi connectivity index (χ1) is 62.5. The van der Waals surface area contributed by atoms with Crippen LogP contribution in [0.5, 0.6) is 0 Å². The summed E-state index contributed by atoms with van der Waals surface area (Å²) in [5.41, 5.74) is 14.1. The highest BCUT2D eigenvalue weighted by Gasteiger charge is 2.33. The summed E-state index contributed by atoms with van der Waals surface area (Å²) in [6.07, 6.45) is 3.65. The van der Waals surface area contributed by atoms with Crippen LogP contribution in [0.2, 0.25) is 0 Å². The van der Waals surface area contributed by atoms with Gasteiger partial charge in [0.1, 0.15) is 55.0 Å². The van der Waals surface area contributed by atoms with Gasteiger partial charge in [-0.05, 0) is 165 Å².